The number of hydrazone groups is 1. The van der Waals surface area contributed by atoms with Gasteiger partial charge in [0, 0.05) is 46.4 Å². The lowest BCUT2D eigenvalue weighted by Crippen LogP contribution is -2.51. The number of nitrogens with zero attached hydrogens (tertiary/aromatic N) is 6. The summed E-state index contributed by atoms with van der Waals surface area (Å²) in [5.41, 5.74) is 2.81. The van der Waals surface area contributed by atoms with Gasteiger partial charge in [-0.1, -0.05) is 62.9 Å². The van der Waals surface area contributed by atoms with Gasteiger partial charge in [0.05, 0.1) is 6.54 Å². The van der Waals surface area contributed by atoms with E-state index in [1.807, 2.05) is 20.1 Å². The zero-order valence-electron chi connectivity index (χ0n) is 27.4. The Morgan fingerprint density at radius 2 is 1.60 bits per heavy atom. The number of benzene rings is 1. The molecule has 3 aliphatic heterocycles. The van der Waals surface area contributed by atoms with Crippen LogP contribution in [-0.2, 0) is 16.0 Å². The Hall–Kier alpha value is -2.74. The van der Waals surface area contributed by atoms with Gasteiger partial charge in [-0.2, -0.15) is 5.10 Å². The molecule has 0 N–H and O–H groups in total. The van der Waals surface area contributed by atoms with Crippen molar-refractivity contribution in [3.63, 3.8) is 0 Å². The van der Waals surface area contributed by atoms with E-state index in [4.69, 9.17) is 0 Å². The van der Waals surface area contributed by atoms with Crippen molar-refractivity contribution in [3.8, 4) is 0 Å². The number of piperidine rings is 1. The maximum absolute atomic E-state index is 12.9. The lowest BCUT2D eigenvalue weighted by Gasteiger charge is -2.49. The number of carbonyl (C=O) groups is 2. The van der Waals surface area contributed by atoms with Gasteiger partial charge in [-0.15, -0.1) is 0 Å². The predicted molar refractivity (Wildman–Crippen MR) is 176 cm³/mol. The highest BCUT2D eigenvalue weighted by Crippen LogP contribution is 2.46. The van der Waals surface area contributed by atoms with E-state index >= 15 is 0 Å². The molecule has 2 saturated heterocycles. The molecule has 42 heavy (non-hydrogen) atoms. The minimum absolute atomic E-state index is 0.288. The SMILES string of the molecule is CC.CN(C)C=O.CN1CCC1.Cc1ccc(CCC(=O)N2CCC(CN3CC=NC=N3)(C3CCCCC3)CC2)cc1. The van der Waals surface area contributed by atoms with Crippen molar-refractivity contribution >= 4 is 24.9 Å². The summed E-state index contributed by atoms with van der Waals surface area (Å²) in [5.74, 6) is 1.08. The first kappa shape index (κ1) is 35.5. The van der Waals surface area contributed by atoms with E-state index < -0.39 is 0 Å². The molecule has 8 nitrogen and oxygen atoms in total. The molecule has 3 fully saturated rings. The molecule has 0 aromatic heterocycles. The van der Waals surface area contributed by atoms with Gasteiger partial charge in [0.15, 0.2) is 0 Å². The van der Waals surface area contributed by atoms with Crippen LogP contribution in [0.4, 0.5) is 0 Å². The van der Waals surface area contributed by atoms with E-state index in [0.29, 0.717) is 12.3 Å². The first-order valence-electron chi connectivity index (χ1n) is 16.2. The van der Waals surface area contributed by atoms with Crippen LogP contribution in [0.25, 0.3) is 0 Å². The Morgan fingerprint density at radius 3 is 2.07 bits per heavy atom. The maximum atomic E-state index is 12.9. The van der Waals surface area contributed by atoms with Gasteiger partial charge >= 0.3 is 0 Å². The summed E-state index contributed by atoms with van der Waals surface area (Å²) in [6, 6.07) is 8.56. The molecule has 0 radical (unpaired) electrons. The van der Waals surface area contributed by atoms with Gasteiger partial charge < -0.3 is 14.7 Å². The molecule has 0 unspecified atom stereocenters. The summed E-state index contributed by atoms with van der Waals surface area (Å²) in [7, 11) is 5.52. The summed E-state index contributed by atoms with van der Waals surface area (Å²) in [6.45, 7) is 12.3. The number of rotatable bonds is 7. The Labute approximate surface area is 256 Å². The molecule has 3 heterocycles. The zero-order chi connectivity index (χ0) is 30.8. The molecule has 2 amide bonds. The van der Waals surface area contributed by atoms with E-state index in [1.165, 1.54) is 67.6 Å². The van der Waals surface area contributed by atoms with E-state index in [-0.39, 0.29) is 5.41 Å². The average Bonchev–Trinajstić information content (AvgIpc) is 3.02. The predicted octanol–water partition coefficient (Wildman–Crippen LogP) is 5.50. The van der Waals surface area contributed by atoms with Crippen LogP contribution in [0.5, 0.6) is 0 Å². The molecular weight excluding hydrogens is 524 g/mol. The van der Waals surface area contributed by atoms with Crippen LogP contribution >= 0.6 is 0 Å². The molecule has 4 aliphatic rings. The van der Waals surface area contributed by atoms with Crippen LogP contribution in [0.1, 0.15) is 82.8 Å². The van der Waals surface area contributed by atoms with Crippen molar-refractivity contribution in [3.05, 3.63) is 35.4 Å². The lowest BCUT2D eigenvalue weighted by molar-refractivity contribution is -0.134. The molecule has 5 rings (SSSR count). The first-order valence-corrected chi connectivity index (χ1v) is 16.2. The van der Waals surface area contributed by atoms with Crippen LogP contribution in [0, 0.1) is 18.3 Å². The standard InChI is InChI=1S/C25H36N4O.C4H9N.C3H7NO.C2H6/c1-21-7-9-22(10-8-21)11-12-24(30)28-16-13-25(14-17-28,23-5-3-2-4-6-23)19-29-18-15-26-20-27-29;1-5-3-2-4-5;1-4(2)3-5;1-2/h7-10,15,20,23H,2-6,11-14,16-19H2,1H3;2-4H2,1H3;3H,1-2H3;1-2H3. The second-order valence-electron chi connectivity index (χ2n) is 12.2. The normalized spacial score (nSPS) is 19.6. The number of likely N-dealkylation sites (tertiary alicyclic amines) is 2. The maximum Gasteiger partial charge on any atom is 0.222 e. The Kier molecular flexibility index (Phi) is 16.4. The molecule has 1 saturated carbocycles. The van der Waals surface area contributed by atoms with Crippen LogP contribution in [0.3, 0.4) is 0 Å². The van der Waals surface area contributed by atoms with Crippen molar-refractivity contribution in [2.45, 2.75) is 85.0 Å². The molecule has 0 atom stereocenters. The highest BCUT2D eigenvalue weighted by atomic mass is 16.2. The molecular formula is C34H58N6O2. The van der Waals surface area contributed by atoms with Gasteiger partial charge in [0.1, 0.15) is 6.34 Å². The minimum atomic E-state index is 0.288. The van der Waals surface area contributed by atoms with E-state index in [2.05, 4.69) is 63.1 Å². The Bertz CT molecular complexity index is 943. The smallest absolute Gasteiger partial charge is 0.222 e. The van der Waals surface area contributed by atoms with Crippen LogP contribution in [0.15, 0.2) is 34.4 Å². The van der Waals surface area contributed by atoms with Crippen LogP contribution in [0.2, 0.25) is 0 Å². The fourth-order valence-electron chi connectivity index (χ4n) is 6.06. The van der Waals surface area contributed by atoms with E-state index in [0.717, 1.165) is 57.8 Å². The third kappa shape index (κ3) is 12.2. The molecule has 1 aromatic rings. The molecule has 0 spiro atoms. The fourth-order valence-corrected chi connectivity index (χ4v) is 6.06. The van der Waals surface area contributed by atoms with Gasteiger partial charge in [-0.25, -0.2) is 4.99 Å². The number of aliphatic imine (C=N–C) groups is 1. The van der Waals surface area contributed by atoms with Gasteiger partial charge in [0.25, 0.3) is 0 Å². The summed E-state index contributed by atoms with van der Waals surface area (Å²) < 4.78 is 0. The summed E-state index contributed by atoms with van der Waals surface area (Å²) in [4.78, 5) is 32.3. The van der Waals surface area contributed by atoms with Crippen LogP contribution < -0.4 is 0 Å². The van der Waals surface area contributed by atoms with Crippen molar-refractivity contribution in [1.82, 2.24) is 19.7 Å². The van der Waals surface area contributed by atoms with Gasteiger partial charge in [-0.3, -0.25) is 14.6 Å². The van der Waals surface area contributed by atoms with Gasteiger partial charge in [0.2, 0.25) is 12.3 Å². The van der Waals surface area contributed by atoms with Crippen molar-refractivity contribution in [1.29, 1.82) is 0 Å². The number of carbonyl (C=O) groups excluding carboxylic acids is 2. The topological polar surface area (TPSA) is 71.8 Å². The van der Waals surface area contributed by atoms with Crippen molar-refractivity contribution in [2.24, 2.45) is 21.4 Å². The Balaban J connectivity index is 0.000000433. The molecule has 1 aliphatic carbocycles. The summed E-state index contributed by atoms with van der Waals surface area (Å²) >= 11 is 0. The second kappa shape index (κ2) is 19.4. The molecule has 8 heteroatoms. The minimum Gasteiger partial charge on any atom is -0.351 e. The highest BCUT2D eigenvalue weighted by molar-refractivity contribution is 5.76. The number of aryl methyl sites for hydroxylation is 2. The van der Waals surface area contributed by atoms with Crippen molar-refractivity contribution < 1.29 is 9.59 Å². The number of hydrogen-bond acceptors (Lipinski definition) is 6. The fraction of sp³-hybridized carbons (Fsp3) is 0.706. The molecule has 0 bridgehead atoms. The Morgan fingerprint density at radius 1 is 1.00 bits per heavy atom. The zero-order valence-corrected chi connectivity index (χ0v) is 27.4. The van der Waals surface area contributed by atoms with E-state index in [9.17, 15) is 9.59 Å². The molecule has 236 valence electrons. The lowest BCUT2D eigenvalue weighted by atomic mass is 9.63. The molecule has 1 aromatic carbocycles. The largest absolute Gasteiger partial charge is 0.351 e. The van der Waals surface area contributed by atoms with Crippen molar-refractivity contribution in [2.75, 3.05) is 60.4 Å². The number of hydrogen-bond donors (Lipinski definition) is 0. The number of amides is 2. The van der Waals surface area contributed by atoms with E-state index in [1.54, 1.807) is 20.4 Å². The second-order valence-corrected chi connectivity index (χ2v) is 12.2. The first-order chi connectivity index (χ1) is 20.3. The third-order valence-corrected chi connectivity index (χ3v) is 8.80. The highest BCUT2D eigenvalue weighted by Gasteiger charge is 2.43. The monoisotopic (exact) mass is 582 g/mol. The van der Waals surface area contributed by atoms with Gasteiger partial charge in [-0.05, 0) is 82.5 Å². The van der Waals surface area contributed by atoms with Crippen LogP contribution in [-0.4, -0.2) is 105 Å². The third-order valence-electron chi connectivity index (χ3n) is 8.80. The quantitative estimate of drug-likeness (QED) is 0.398. The average molecular weight is 583 g/mol. The summed E-state index contributed by atoms with van der Waals surface area (Å²) in [6.07, 6.45) is 16.2. The summed E-state index contributed by atoms with van der Waals surface area (Å²) in [5, 5.41) is 6.71.